The highest BCUT2D eigenvalue weighted by molar-refractivity contribution is 5.94. The van der Waals surface area contributed by atoms with Crippen molar-refractivity contribution in [2.24, 2.45) is 11.7 Å². The Bertz CT molecular complexity index is 991. The van der Waals surface area contributed by atoms with Crippen LogP contribution in [-0.2, 0) is 25.6 Å². The van der Waals surface area contributed by atoms with E-state index in [1.54, 1.807) is 20.0 Å². The van der Waals surface area contributed by atoms with Crippen LogP contribution in [0.2, 0.25) is 0 Å². The summed E-state index contributed by atoms with van der Waals surface area (Å²) in [4.78, 5) is 52.0. The third kappa shape index (κ3) is 6.77. The van der Waals surface area contributed by atoms with Gasteiger partial charge in [0.2, 0.25) is 17.7 Å². The molecule has 2 aromatic rings. The summed E-state index contributed by atoms with van der Waals surface area (Å²) in [5.41, 5.74) is 6.99. The minimum absolute atomic E-state index is 0.103. The van der Waals surface area contributed by atoms with Crippen molar-refractivity contribution in [3.8, 4) is 0 Å². The first-order valence-electron chi connectivity index (χ1n) is 10.7. The van der Waals surface area contributed by atoms with Crippen molar-refractivity contribution in [3.63, 3.8) is 0 Å². The van der Waals surface area contributed by atoms with E-state index in [4.69, 9.17) is 5.73 Å². The molecule has 0 bridgehead atoms. The Morgan fingerprint density at radius 1 is 1.06 bits per heavy atom. The van der Waals surface area contributed by atoms with Crippen LogP contribution in [0, 0.1) is 5.92 Å². The van der Waals surface area contributed by atoms with Crippen LogP contribution in [0.25, 0.3) is 10.9 Å². The van der Waals surface area contributed by atoms with Gasteiger partial charge >= 0.3 is 5.97 Å². The molecular formula is C22H31N5O6. The first kappa shape index (κ1) is 25.8. The van der Waals surface area contributed by atoms with E-state index in [0.717, 1.165) is 16.5 Å². The van der Waals surface area contributed by atoms with Gasteiger partial charge in [0.05, 0.1) is 13.2 Å². The molecule has 4 atom stereocenters. The number of aromatic nitrogens is 1. The van der Waals surface area contributed by atoms with Crippen molar-refractivity contribution in [1.82, 2.24) is 20.9 Å². The zero-order chi connectivity index (χ0) is 24.5. The van der Waals surface area contributed by atoms with Gasteiger partial charge in [0.1, 0.15) is 18.1 Å². The first-order valence-corrected chi connectivity index (χ1v) is 10.7. The number of nitrogens with one attached hydrogen (secondary N) is 4. The van der Waals surface area contributed by atoms with E-state index in [9.17, 15) is 29.4 Å². The second-order valence-electron chi connectivity index (χ2n) is 7.84. The van der Waals surface area contributed by atoms with E-state index in [2.05, 4.69) is 20.9 Å². The Balaban J connectivity index is 2.17. The number of benzene rings is 1. The molecule has 33 heavy (non-hydrogen) atoms. The maximum Gasteiger partial charge on any atom is 0.326 e. The molecule has 0 aliphatic rings. The molecule has 11 nitrogen and oxygen atoms in total. The molecule has 11 heteroatoms. The summed E-state index contributed by atoms with van der Waals surface area (Å²) in [6, 6.07) is 3.79. The predicted molar refractivity (Wildman–Crippen MR) is 121 cm³/mol. The van der Waals surface area contributed by atoms with Gasteiger partial charge in [0.25, 0.3) is 0 Å². The van der Waals surface area contributed by atoms with Crippen LogP contribution < -0.4 is 21.7 Å². The Kier molecular flexibility index (Phi) is 9.37. The van der Waals surface area contributed by atoms with Crippen LogP contribution in [-0.4, -0.2) is 70.2 Å². The molecule has 0 aliphatic carbocycles. The molecule has 180 valence electrons. The highest BCUT2D eigenvalue weighted by Gasteiger charge is 2.31. The topological polar surface area (TPSA) is 187 Å². The smallest absolute Gasteiger partial charge is 0.326 e. The molecule has 4 unspecified atom stereocenters. The molecule has 0 aliphatic heterocycles. The quantitative estimate of drug-likeness (QED) is 0.216. The van der Waals surface area contributed by atoms with Crippen molar-refractivity contribution in [2.75, 3.05) is 13.2 Å². The van der Waals surface area contributed by atoms with Gasteiger partial charge in [-0.1, -0.05) is 38.5 Å². The third-order valence-electron chi connectivity index (χ3n) is 5.53. The largest absolute Gasteiger partial charge is 0.480 e. The predicted octanol–water partition coefficient (Wildman–Crippen LogP) is -0.753. The average molecular weight is 462 g/mol. The second-order valence-corrected chi connectivity index (χ2v) is 7.84. The normalized spacial score (nSPS) is 14.7. The van der Waals surface area contributed by atoms with E-state index in [1.807, 2.05) is 24.3 Å². The number of nitrogens with two attached hydrogens (primary N) is 1. The summed E-state index contributed by atoms with van der Waals surface area (Å²) in [5, 5.41) is 27.2. The lowest BCUT2D eigenvalue weighted by Gasteiger charge is -2.25. The van der Waals surface area contributed by atoms with E-state index in [-0.39, 0.29) is 18.9 Å². The van der Waals surface area contributed by atoms with Crippen LogP contribution >= 0.6 is 0 Å². The molecule has 8 N–H and O–H groups in total. The van der Waals surface area contributed by atoms with Gasteiger partial charge in [0.15, 0.2) is 0 Å². The van der Waals surface area contributed by atoms with Crippen molar-refractivity contribution < 1.29 is 29.4 Å². The van der Waals surface area contributed by atoms with Crippen LogP contribution in [0.4, 0.5) is 0 Å². The number of hydrogen-bond acceptors (Lipinski definition) is 6. The van der Waals surface area contributed by atoms with Crippen molar-refractivity contribution in [3.05, 3.63) is 36.0 Å². The molecule has 0 fully saturated rings. The molecule has 0 saturated carbocycles. The van der Waals surface area contributed by atoms with Crippen molar-refractivity contribution in [1.29, 1.82) is 0 Å². The lowest BCUT2D eigenvalue weighted by molar-refractivity contribution is -0.144. The summed E-state index contributed by atoms with van der Waals surface area (Å²) in [6.07, 6.45) is 2.33. The number of carboxylic acid groups (broad SMARTS) is 1. The molecular weight excluding hydrogens is 430 g/mol. The van der Waals surface area contributed by atoms with Crippen LogP contribution in [0.5, 0.6) is 0 Å². The lowest BCUT2D eigenvalue weighted by Crippen LogP contribution is -2.58. The standard InChI is InChI=1S/C22H31N5O6/c1-3-12(2)19(22(32)33)27-21(31)17(11-28)26-20(30)16(25-18(29)9-23)8-13-10-24-15-7-5-4-6-14(13)15/h4-7,10,12,16-17,19,24,28H,3,8-9,11,23H2,1-2H3,(H,25,29)(H,26,30)(H,27,31)(H,32,33). The number of hydrogen-bond donors (Lipinski definition) is 7. The number of para-hydroxylation sites is 1. The Labute approximate surface area is 191 Å². The van der Waals surface area contributed by atoms with Gasteiger partial charge in [-0.2, -0.15) is 0 Å². The zero-order valence-electron chi connectivity index (χ0n) is 18.6. The number of H-pyrrole nitrogens is 1. The molecule has 3 amide bonds. The highest BCUT2D eigenvalue weighted by atomic mass is 16.4. The molecule has 0 radical (unpaired) electrons. The number of carbonyl (C=O) groups is 4. The van der Waals surface area contributed by atoms with Crippen LogP contribution in [0.3, 0.4) is 0 Å². The molecule has 0 spiro atoms. The second kappa shape index (κ2) is 12.0. The molecule has 1 aromatic carbocycles. The maximum absolute atomic E-state index is 13.0. The average Bonchev–Trinajstić information content (AvgIpc) is 3.22. The molecule has 1 heterocycles. The van der Waals surface area contributed by atoms with Gasteiger partial charge < -0.3 is 36.9 Å². The molecule has 1 aromatic heterocycles. The van der Waals surface area contributed by atoms with E-state index >= 15 is 0 Å². The van der Waals surface area contributed by atoms with Crippen LogP contribution in [0.1, 0.15) is 25.8 Å². The number of carbonyl (C=O) groups excluding carboxylic acids is 3. The first-order chi connectivity index (χ1) is 15.7. The highest BCUT2D eigenvalue weighted by Crippen LogP contribution is 2.19. The number of carboxylic acids is 1. The van der Waals surface area contributed by atoms with E-state index < -0.39 is 48.4 Å². The van der Waals surface area contributed by atoms with Crippen molar-refractivity contribution in [2.45, 2.75) is 44.8 Å². The third-order valence-corrected chi connectivity index (χ3v) is 5.53. The number of amides is 3. The Hall–Kier alpha value is -3.44. The van der Waals surface area contributed by atoms with Gasteiger partial charge in [-0.25, -0.2) is 4.79 Å². The Morgan fingerprint density at radius 3 is 2.33 bits per heavy atom. The number of fused-ring (bicyclic) bond motifs is 1. The number of aromatic amines is 1. The van der Waals surface area contributed by atoms with Crippen LogP contribution in [0.15, 0.2) is 30.5 Å². The van der Waals surface area contributed by atoms with Gasteiger partial charge in [0, 0.05) is 23.5 Å². The summed E-state index contributed by atoms with van der Waals surface area (Å²) >= 11 is 0. The SMILES string of the molecule is CCC(C)C(NC(=O)C(CO)NC(=O)C(Cc1c[nH]c2ccccc12)NC(=O)CN)C(=O)O. The number of aliphatic carboxylic acids is 1. The van der Waals surface area contributed by atoms with E-state index in [1.165, 1.54) is 0 Å². The Morgan fingerprint density at radius 2 is 1.73 bits per heavy atom. The fourth-order valence-corrected chi connectivity index (χ4v) is 3.39. The molecule has 2 rings (SSSR count). The monoisotopic (exact) mass is 461 g/mol. The fourth-order valence-electron chi connectivity index (χ4n) is 3.39. The van der Waals surface area contributed by atoms with E-state index in [0.29, 0.717) is 6.42 Å². The van der Waals surface area contributed by atoms with Gasteiger partial charge in [-0.05, 0) is 17.5 Å². The number of aliphatic hydroxyl groups is 1. The molecule has 0 saturated heterocycles. The summed E-state index contributed by atoms with van der Waals surface area (Å²) in [5.74, 6) is -3.70. The minimum atomic E-state index is -1.40. The van der Waals surface area contributed by atoms with Gasteiger partial charge in [-0.3, -0.25) is 14.4 Å². The zero-order valence-corrected chi connectivity index (χ0v) is 18.6. The summed E-state index contributed by atoms with van der Waals surface area (Å²) in [6.45, 7) is 2.37. The fraction of sp³-hybridized carbons (Fsp3) is 0.455. The van der Waals surface area contributed by atoms with Crippen molar-refractivity contribution >= 4 is 34.6 Å². The minimum Gasteiger partial charge on any atom is -0.480 e. The maximum atomic E-state index is 13.0. The number of aliphatic hydroxyl groups excluding tert-OH is 1. The summed E-state index contributed by atoms with van der Waals surface area (Å²) in [7, 11) is 0. The number of rotatable bonds is 12. The summed E-state index contributed by atoms with van der Waals surface area (Å²) < 4.78 is 0. The lowest BCUT2D eigenvalue weighted by atomic mass is 9.99. The van der Waals surface area contributed by atoms with Gasteiger partial charge in [-0.15, -0.1) is 0 Å².